The molecule has 0 unspecified atom stereocenters. The van der Waals surface area contributed by atoms with Crippen LogP contribution in [0.1, 0.15) is 25.8 Å². The molecule has 0 saturated carbocycles. The summed E-state index contributed by atoms with van der Waals surface area (Å²) in [4.78, 5) is 13.7. The SMILES string of the molecule is CCN(CC)C(=O)CCc1ccc(Br)cc1Cl. The van der Waals surface area contributed by atoms with Crippen LogP contribution in [0.5, 0.6) is 0 Å². The molecule has 94 valence electrons. The topological polar surface area (TPSA) is 20.3 Å². The lowest BCUT2D eigenvalue weighted by atomic mass is 10.1. The van der Waals surface area contributed by atoms with Crippen molar-refractivity contribution in [2.75, 3.05) is 13.1 Å². The summed E-state index contributed by atoms with van der Waals surface area (Å²) in [6.07, 6.45) is 1.21. The largest absolute Gasteiger partial charge is 0.343 e. The van der Waals surface area contributed by atoms with Crippen molar-refractivity contribution in [3.63, 3.8) is 0 Å². The van der Waals surface area contributed by atoms with Crippen molar-refractivity contribution in [1.29, 1.82) is 0 Å². The maximum atomic E-state index is 11.8. The standard InChI is InChI=1S/C13H17BrClNO/c1-3-16(4-2)13(17)8-6-10-5-7-11(14)9-12(10)15/h5,7,9H,3-4,6,8H2,1-2H3. The molecule has 0 aliphatic rings. The van der Waals surface area contributed by atoms with Crippen molar-refractivity contribution >= 4 is 33.4 Å². The van der Waals surface area contributed by atoms with E-state index in [9.17, 15) is 4.79 Å². The Balaban J connectivity index is 2.58. The Hall–Kier alpha value is -0.540. The number of benzene rings is 1. The van der Waals surface area contributed by atoms with Crippen LogP contribution in [0.2, 0.25) is 5.02 Å². The Labute approximate surface area is 116 Å². The van der Waals surface area contributed by atoms with E-state index in [4.69, 9.17) is 11.6 Å². The minimum absolute atomic E-state index is 0.189. The summed E-state index contributed by atoms with van der Waals surface area (Å²) in [7, 11) is 0. The molecule has 4 heteroatoms. The lowest BCUT2D eigenvalue weighted by Gasteiger charge is -2.18. The summed E-state index contributed by atoms with van der Waals surface area (Å²) in [6.45, 7) is 5.52. The number of aryl methyl sites for hydroxylation is 1. The first-order valence-electron chi connectivity index (χ1n) is 5.80. The molecule has 0 fully saturated rings. The van der Waals surface area contributed by atoms with Gasteiger partial charge in [0.25, 0.3) is 0 Å². The molecule has 0 atom stereocenters. The maximum absolute atomic E-state index is 11.8. The van der Waals surface area contributed by atoms with E-state index in [1.54, 1.807) is 0 Å². The zero-order valence-corrected chi connectivity index (χ0v) is 12.5. The Morgan fingerprint density at radius 1 is 1.35 bits per heavy atom. The second kappa shape index (κ2) is 7.02. The third kappa shape index (κ3) is 4.32. The van der Waals surface area contributed by atoms with Crippen molar-refractivity contribution in [2.24, 2.45) is 0 Å². The number of hydrogen-bond acceptors (Lipinski definition) is 1. The average Bonchev–Trinajstić information content (AvgIpc) is 2.29. The van der Waals surface area contributed by atoms with Gasteiger partial charge in [-0.25, -0.2) is 0 Å². The molecule has 1 aromatic carbocycles. The number of hydrogen-bond donors (Lipinski definition) is 0. The first-order chi connectivity index (χ1) is 8.08. The Morgan fingerprint density at radius 3 is 2.53 bits per heavy atom. The zero-order chi connectivity index (χ0) is 12.8. The van der Waals surface area contributed by atoms with Gasteiger partial charge in [0.05, 0.1) is 0 Å². The van der Waals surface area contributed by atoms with Crippen molar-refractivity contribution in [3.05, 3.63) is 33.3 Å². The van der Waals surface area contributed by atoms with E-state index >= 15 is 0 Å². The van der Waals surface area contributed by atoms with Crippen LogP contribution in [0.3, 0.4) is 0 Å². The van der Waals surface area contributed by atoms with E-state index in [1.807, 2.05) is 36.9 Å². The molecule has 1 amide bonds. The molecule has 0 aliphatic carbocycles. The van der Waals surface area contributed by atoms with Crippen LogP contribution in [-0.2, 0) is 11.2 Å². The number of halogens is 2. The first kappa shape index (κ1) is 14.5. The first-order valence-corrected chi connectivity index (χ1v) is 6.97. The number of rotatable bonds is 5. The smallest absolute Gasteiger partial charge is 0.222 e. The van der Waals surface area contributed by atoms with Crippen LogP contribution in [0.15, 0.2) is 22.7 Å². The Morgan fingerprint density at radius 2 is 2.00 bits per heavy atom. The summed E-state index contributed by atoms with van der Waals surface area (Å²) in [6, 6.07) is 5.77. The number of amides is 1. The minimum atomic E-state index is 0.189. The predicted molar refractivity (Wildman–Crippen MR) is 75.4 cm³/mol. The van der Waals surface area contributed by atoms with Gasteiger partial charge < -0.3 is 4.90 Å². The van der Waals surface area contributed by atoms with Crippen molar-refractivity contribution in [2.45, 2.75) is 26.7 Å². The molecule has 0 bridgehead atoms. The summed E-state index contributed by atoms with van der Waals surface area (Å²) >= 11 is 9.47. The third-order valence-corrected chi connectivity index (χ3v) is 3.58. The van der Waals surface area contributed by atoms with Crippen LogP contribution < -0.4 is 0 Å². The molecule has 0 radical (unpaired) electrons. The molecule has 0 heterocycles. The Kier molecular flexibility index (Phi) is 6.00. The minimum Gasteiger partial charge on any atom is -0.343 e. The molecule has 0 saturated heterocycles. The molecular weight excluding hydrogens is 302 g/mol. The van der Waals surface area contributed by atoms with E-state index in [1.165, 1.54) is 0 Å². The molecule has 1 rings (SSSR count). The highest BCUT2D eigenvalue weighted by molar-refractivity contribution is 9.10. The number of carbonyl (C=O) groups is 1. The second-order valence-electron chi connectivity index (χ2n) is 3.80. The molecule has 2 nitrogen and oxygen atoms in total. The second-order valence-corrected chi connectivity index (χ2v) is 5.12. The highest BCUT2D eigenvalue weighted by Gasteiger charge is 2.10. The van der Waals surface area contributed by atoms with Gasteiger partial charge in [-0.1, -0.05) is 33.6 Å². The predicted octanol–water partition coefficient (Wildman–Crippen LogP) is 3.90. The summed E-state index contributed by atoms with van der Waals surface area (Å²) < 4.78 is 0.960. The molecule has 0 N–H and O–H groups in total. The quantitative estimate of drug-likeness (QED) is 0.806. The fraction of sp³-hybridized carbons (Fsp3) is 0.462. The summed E-state index contributed by atoms with van der Waals surface area (Å²) in [5.74, 6) is 0.189. The molecular formula is C13H17BrClNO. The van der Waals surface area contributed by atoms with Crippen LogP contribution in [0.25, 0.3) is 0 Å². The van der Waals surface area contributed by atoms with Crippen LogP contribution >= 0.6 is 27.5 Å². The maximum Gasteiger partial charge on any atom is 0.222 e. The van der Waals surface area contributed by atoms with Gasteiger partial charge in [0.15, 0.2) is 0 Å². The summed E-state index contributed by atoms with van der Waals surface area (Å²) in [5, 5.41) is 0.715. The van der Waals surface area contributed by atoms with Gasteiger partial charge in [-0.05, 0) is 38.0 Å². The number of carbonyl (C=O) groups excluding carboxylic acids is 1. The van der Waals surface area contributed by atoms with Gasteiger partial charge in [-0.15, -0.1) is 0 Å². The highest BCUT2D eigenvalue weighted by Crippen LogP contribution is 2.22. The van der Waals surface area contributed by atoms with Gasteiger partial charge in [0.2, 0.25) is 5.91 Å². The van der Waals surface area contributed by atoms with Gasteiger partial charge in [-0.2, -0.15) is 0 Å². The molecule has 1 aromatic rings. The molecule has 0 aliphatic heterocycles. The van der Waals surface area contributed by atoms with Crippen LogP contribution in [0.4, 0.5) is 0 Å². The van der Waals surface area contributed by atoms with Crippen LogP contribution in [0, 0.1) is 0 Å². The van der Waals surface area contributed by atoms with Gasteiger partial charge >= 0.3 is 0 Å². The third-order valence-electron chi connectivity index (χ3n) is 2.74. The van der Waals surface area contributed by atoms with E-state index in [0.29, 0.717) is 17.9 Å². The zero-order valence-electron chi connectivity index (χ0n) is 10.2. The molecule has 0 aromatic heterocycles. The fourth-order valence-corrected chi connectivity index (χ4v) is 2.47. The average molecular weight is 319 g/mol. The molecule has 0 spiro atoms. The summed E-state index contributed by atoms with van der Waals surface area (Å²) in [5.41, 5.74) is 1.02. The fourth-order valence-electron chi connectivity index (χ4n) is 1.70. The van der Waals surface area contributed by atoms with E-state index in [-0.39, 0.29) is 5.91 Å². The van der Waals surface area contributed by atoms with Gasteiger partial charge in [0, 0.05) is 29.0 Å². The monoisotopic (exact) mass is 317 g/mol. The lowest BCUT2D eigenvalue weighted by Crippen LogP contribution is -2.30. The highest BCUT2D eigenvalue weighted by atomic mass is 79.9. The van der Waals surface area contributed by atoms with Gasteiger partial charge in [0.1, 0.15) is 0 Å². The van der Waals surface area contributed by atoms with Gasteiger partial charge in [-0.3, -0.25) is 4.79 Å². The van der Waals surface area contributed by atoms with Crippen LogP contribution in [-0.4, -0.2) is 23.9 Å². The Bertz CT molecular complexity index is 391. The van der Waals surface area contributed by atoms with E-state index < -0.39 is 0 Å². The van der Waals surface area contributed by atoms with E-state index in [0.717, 1.165) is 23.1 Å². The molecule has 17 heavy (non-hydrogen) atoms. The van der Waals surface area contributed by atoms with E-state index in [2.05, 4.69) is 15.9 Å². The van der Waals surface area contributed by atoms with Crippen molar-refractivity contribution in [3.8, 4) is 0 Å². The van der Waals surface area contributed by atoms with Crippen molar-refractivity contribution < 1.29 is 4.79 Å². The lowest BCUT2D eigenvalue weighted by molar-refractivity contribution is -0.130. The van der Waals surface area contributed by atoms with Crippen molar-refractivity contribution in [1.82, 2.24) is 4.90 Å². The normalized spacial score (nSPS) is 10.4. The number of nitrogens with zero attached hydrogens (tertiary/aromatic N) is 1.